The highest BCUT2D eigenvalue weighted by Crippen LogP contribution is 1.90. The molecule has 1 heterocycles. The van der Waals surface area contributed by atoms with Crippen LogP contribution < -0.4 is 21.3 Å². The van der Waals surface area contributed by atoms with Crippen LogP contribution in [0, 0.1) is 0 Å². The Hall–Kier alpha value is -0.200. The first-order valence-electron chi connectivity index (χ1n) is 6.84. The van der Waals surface area contributed by atoms with Crippen molar-refractivity contribution in [3.63, 3.8) is 0 Å². The predicted molar refractivity (Wildman–Crippen MR) is 71.5 cm³/mol. The molecule has 1 saturated heterocycles. The smallest absolute Gasteiger partial charge is 0.0671 e. The van der Waals surface area contributed by atoms with Crippen LogP contribution in [0.2, 0.25) is 0 Å². The van der Waals surface area contributed by atoms with Crippen molar-refractivity contribution in [2.75, 3.05) is 59.0 Å². The SMILES string of the molecule is CC1CNCCNCCNCCNCCCO1. The highest BCUT2D eigenvalue weighted by atomic mass is 16.5. The minimum absolute atomic E-state index is 0.310. The van der Waals surface area contributed by atoms with Gasteiger partial charge in [0.15, 0.2) is 0 Å². The van der Waals surface area contributed by atoms with Gasteiger partial charge in [0.25, 0.3) is 0 Å². The van der Waals surface area contributed by atoms with Gasteiger partial charge in [-0.2, -0.15) is 0 Å². The molecule has 102 valence electrons. The van der Waals surface area contributed by atoms with Gasteiger partial charge in [0.2, 0.25) is 0 Å². The third-order valence-corrected chi connectivity index (χ3v) is 2.77. The second-order valence-electron chi connectivity index (χ2n) is 4.49. The molecule has 0 radical (unpaired) electrons. The topological polar surface area (TPSA) is 57.3 Å². The molecule has 17 heavy (non-hydrogen) atoms. The van der Waals surface area contributed by atoms with E-state index >= 15 is 0 Å². The minimum atomic E-state index is 0.310. The Bertz CT molecular complexity index is 153. The summed E-state index contributed by atoms with van der Waals surface area (Å²) in [6.45, 7) is 11.1. The largest absolute Gasteiger partial charge is 0.377 e. The predicted octanol–water partition coefficient (Wildman–Crippen LogP) is -0.846. The molecule has 0 spiro atoms. The lowest BCUT2D eigenvalue weighted by molar-refractivity contribution is 0.0645. The van der Waals surface area contributed by atoms with Crippen molar-refractivity contribution in [1.29, 1.82) is 0 Å². The molecule has 1 aliphatic heterocycles. The molecule has 0 aromatic rings. The maximum atomic E-state index is 5.70. The summed E-state index contributed by atoms with van der Waals surface area (Å²) >= 11 is 0. The fourth-order valence-corrected chi connectivity index (χ4v) is 1.75. The van der Waals surface area contributed by atoms with Crippen molar-refractivity contribution < 1.29 is 4.74 Å². The minimum Gasteiger partial charge on any atom is -0.377 e. The third-order valence-electron chi connectivity index (χ3n) is 2.77. The highest BCUT2D eigenvalue weighted by Gasteiger charge is 2.01. The van der Waals surface area contributed by atoms with Crippen LogP contribution in [0.25, 0.3) is 0 Å². The Labute approximate surface area is 105 Å². The van der Waals surface area contributed by atoms with E-state index in [2.05, 4.69) is 28.2 Å². The molecule has 1 rings (SSSR count). The summed E-state index contributed by atoms with van der Waals surface area (Å²) < 4.78 is 5.70. The molecule has 0 bridgehead atoms. The van der Waals surface area contributed by atoms with Gasteiger partial charge >= 0.3 is 0 Å². The second-order valence-corrected chi connectivity index (χ2v) is 4.49. The number of ether oxygens (including phenoxy) is 1. The van der Waals surface area contributed by atoms with E-state index in [4.69, 9.17) is 4.74 Å². The molecule has 0 aromatic carbocycles. The normalized spacial score (nSPS) is 27.7. The van der Waals surface area contributed by atoms with E-state index in [1.807, 2.05) is 0 Å². The van der Waals surface area contributed by atoms with Crippen LogP contribution in [0.1, 0.15) is 13.3 Å². The van der Waals surface area contributed by atoms with Gasteiger partial charge in [-0.15, -0.1) is 0 Å². The standard InChI is InChI=1S/C12H28N4O/c1-12-11-16-9-8-15-7-6-14-5-4-13-3-2-10-17-12/h12-16H,2-11H2,1H3. The van der Waals surface area contributed by atoms with Crippen LogP contribution in [0.5, 0.6) is 0 Å². The van der Waals surface area contributed by atoms with Gasteiger partial charge in [-0.1, -0.05) is 0 Å². The molecule has 1 atom stereocenters. The van der Waals surface area contributed by atoms with Crippen molar-refractivity contribution in [2.45, 2.75) is 19.4 Å². The van der Waals surface area contributed by atoms with Crippen molar-refractivity contribution in [2.24, 2.45) is 0 Å². The van der Waals surface area contributed by atoms with E-state index in [9.17, 15) is 0 Å². The first-order valence-corrected chi connectivity index (χ1v) is 6.84. The van der Waals surface area contributed by atoms with Gasteiger partial charge in [-0.3, -0.25) is 0 Å². The van der Waals surface area contributed by atoms with Gasteiger partial charge in [-0.05, 0) is 19.9 Å². The van der Waals surface area contributed by atoms with Crippen molar-refractivity contribution in [3.05, 3.63) is 0 Å². The van der Waals surface area contributed by atoms with E-state index in [1.165, 1.54) is 0 Å². The van der Waals surface area contributed by atoms with E-state index in [1.54, 1.807) is 0 Å². The van der Waals surface area contributed by atoms with E-state index in [-0.39, 0.29) is 0 Å². The van der Waals surface area contributed by atoms with Gasteiger partial charge in [0, 0.05) is 52.4 Å². The number of hydrogen-bond acceptors (Lipinski definition) is 5. The third kappa shape index (κ3) is 9.50. The van der Waals surface area contributed by atoms with Crippen LogP contribution in [-0.4, -0.2) is 65.1 Å². The number of rotatable bonds is 0. The molecule has 0 aromatic heterocycles. The summed E-state index contributed by atoms with van der Waals surface area (Å²) in [4.78, 5) is 0. The molecule has 1 unspecified atom stereocenters. The molecule has 5 nitrogen and oxygen atoms in total. The summed E-state index contributed by atoms with van der Waals surface area (Å²) in [5, 5.41) is 13.6. The fourth-order valence-electron chi connectivity index (χ4n) is 1.75. The second kappa shape index (κ2) is 10.9. The molecule has 5 heteroatoms. The molecule has 0 amide bonds. The summed E-state index contributed by atoms with van der Waals surface area (Å²) in [6, 6.07) is 0. The van der Waals surface area contributed by atoms with Gasteiger partial charge in [0.1, 0.15) is 0 Å². The highest BCUT2D eigenvalue weighted by molar-refractivity contribution is 4.60. The van der Waals surface area contributed by atoms with Crippen LogP contribution in [-0.2, 0) is 4.74 Å². The zero-order valence-electron chi connectivity index (χ0n) is 11.1. The molecule has 0 saturated carbocycles. The Kier molecular flexibility index (Phi) is 9.55. The lowest BCUT2D eigenvalue weighted by Gasteiger charge is -2.15. The Balaban J connectivity index is 2.09. The lowest BCUT2D eigenvalue weighted by atomic mass is 10.3. The lowest BCUT2D eigenvalue weighted by Crippen LogP contribution is -2.37. The Morgan fingerprint density at radius 1 is 0.765 bits per heavy atom. The zero-order valence-corrected chi connectivity index (χ0v) is 11.1. The van der Waals surface area contributed by atoms with Gasteiger partial charge in [0.05, 0.1) is 6.10 Å². The molecule has 4 N–H and O–H groups in total. The van der Waals surface area contributed by atoms with Crippen LogP contribution in [0.3, 0.4) is 0 Å². The van der Waals surface area contributed by atoms with Crippen molar-refractivity contribution in [1.82, 2.24) is 21.3 Å². The fraction of sp³-hybridized carbons (Fsp3) is 1.00. The molecular formula is C12H28N4O. The first kappa shape index (κ1) is 14.9. The van der Waals surface area contributed by atoms with Gasteiger partial charge < -0.3 is 26.0 Å². The van der Waals surface area contributed by atoms with Crippen molar-refractivity contribution >= 4 is 0 Å². The monoisotopic (exact) mass is 244 g/mol. The number of nitrogens with one attached hydrogen (secondary N) is 4. The average molecular weight is 244 g/mol. The summed E-state index contributed by atoms with van der Waals surface area (Å²) in [7, 11) is 0. The first-order chi connectivity index (χ1) is 8.39. The van der Waals surface area contributed by atoms with Gasteiger partial charge in [-0.25, -0.2) is 0 Å². The number of hydrogen-bond donors (Lipinski definition) is 4. The average Bonchev–Trinajstić information content (AvgIpc) is 2.32. The summed E-state index contributed by atoms with van der Waals surface area (Å²) in [6.07, 6.45) is 1.40. The van der Waals surface area contributed by atoms with Crippen LogP contribution >= 0.6 is 0 Å². The van der Waals surface area contributed by atoms with Crippen LogP contribution in [0.4, 0.5) is 0 Å². The van der Waals surface area contributed by atoms with E-state index in [0.717, 1.165) is 65.4 Å². The Morgan fingerprint density at radius 2 is 1.29 bits per heavy atom. The van der Waals surface area contributed by atoms with Crippen molar-refractivity contribution in [3.8, 4) is 0 Å². The quantitative estimate of drug-likeness (QED) is 0.447. The maximum Gasteiger partial charge on any atom is 0.0671 e. The zero-order chi connectivity index (χ0) is 12.2. The molecule has 0 aliphatic carbocycles. The maximum absolute atomic E-state index is 5.70. The Morgan fingerprint density at radius 3 is 1.94 bits per heavy atom. The molecule has 1 fully saturated rings. The van der Waals surface area contributed by atoms with Crippen LogP contribution in [0.15, 0.2) is 0 Å². The van der Waals surface area contributed by atoms with E-state index in [0.29, 0.717) is 6.10 Å². The van der Waals surface area contributed by atoms with E-state index < -0.39 is 0 Å². The molecule has 1 aliphatic rings. The summed E-state index contributed by atoms with van der Waals surface area (Å²) in [5.74, 6) is 0. The summed E-state index contributed by atoms with van der Waals surface area (Å²) in [5.41, 5.74) is 0. The molecular weight excluding hydrogens is 216 g/mol.